The lowest BCUT2D eigenvalue weighted by Gasteiger charge is -2.16. The quantitative estimate of drug-likeness (QED) is 0.478. The van der Waals surface area contributed by atoms with Gasteiger partial charge in [0.1, 0.15) is 6.58 Å². The van der Waals surface area contributed by atoms with Crippen molar-refractivity contribution in [3.8, 4) is 0 Å². The van der Waals surface area contributed by atoms with E-state index in [0.717, 1.165) is 0 Å². The van der Waals surface area contributed by atoms with Crippen molar-refractivity contribution in [3.63, 3.8) is 0 Å². The van der Waals surface area contributed by atoms with Gasteiger partial charge in [0.2, 0.25) is 0 Å². The van der Waals surface area contributed by atoms with Gasteiger partial charge in [-0.15, -0.1) is 0 Å². The van der Waals surface area contributed by atoms with E-state index in [-0.39, 0.29) is 11.4 Å². The first-order chi connectivity index (χ1) is 4.91. The molecular weight excluding hydrogens is 128 g/mol. The number of hydrogen-bond acceptors (Lipinski definition) is 2. The lowest BCUT2D eigenvalue weighted by molar-refractivity contribution is -0.136. The average molecular weight is 141 g/mol. The molecule has 2 heteroatoms. The molecule has 56 valence electrons. The lowest BCUT2D eigenvalue weighted by atomic mass is 9.87. The van der Waals surface area contributed by atoms with E-state index in [1.54, 1.807) is 6.08 Å². The minimum atomic E-state index is -0.795. The van der Waals surface area contributed by atoms with E-state index in [4.69, 9.17) is 1.37 Å². The molecule has 0 unspecified atom stereocenters. The molecule has 1 atom stereocenters. The molecule has 2 nitrogen and oxygen atoms in total. The van der Waals surface area contributed by atoms with E-state index in [2.05, 4.69) is 4.74 Å². The maximum Gasteiger partial charge on any atom is 0.334 e. The summed E-state index contributed by atoms with van der Waals surface area (Å²) < 4.78 is 11.8. The van der Waals surface area contributed by atoms with Crippen LogP contribution in [-0.2, 0) is 9.53 Å². The largest absolute Gasteiger partial charge is 0.458 e. The van der Waals surface area contributed by atoms with Crippen molar-refractivity contribution in [1.29, 1.82) is 0 Å². The van der Waals surface area contributed by atoms with Crippen LogP contribution < -0.4 is 0 Å². The third-order valence-corrected chi connectivity index (χ3v) is 1.44. The maximum atomic E-state index is 11.0. The Hall–Kier alpha value is -0.790. The van der Waals surface area contributed by atoms with E-state index in [1.165, 1.54) is 0 Å². The maximum absolute atomic E-state index is 11.0. The molecule has 0 radical (unpaired) electrons. The van der Waals surface area contributed by atoms with Gasteiger partial charge in [-0.05, 0) is 11.5 Å². The SMILES string of the molecule is [2H][C@@H]1C=C(C(C)(C)C)C(=O)O1. The van der Waals surface area contributed by atoms with E-state index in [9.17, 15) is 4.79 Å². The molecule has 1 aliphatic rings. The number of carbonyl (C=O) groups excluding carboxylic acids is 1. The van der Waals surface area contributed by atoms with Crippen LogP contribution in [0.3, 0.4) is 0 Å². The molecule has 0 saturated heterocycles. The van der Waals surface area contributed by atoms with Crippen LogP contribution in [0, 0.1) is 5.41 Å². The van der Waals surface area contributed by atoms with Gasteiger partial charge in [-0.1, -0.05) is 20.8 Å². The molecule has 0 N–H and O–H groups in total. The van der Waals surface area contributed by atoms with Gasteiger partial charge in [0, 0.05) is 5.57 Å². The molecule has 1 heterocycles. The standard InChI is InChI=1S/C8H12O2/c1-8(2,3)6-4-5-10-7(6)9/h4H,5H2,1-3H3/i5D/t5-/m1/s1. The molecule has 0 aromatic carbocycles. The van der Waals surface area contributed by atoms with Gasteiger partial charge in [-0.25, -0.2) is 4.79 Å². The minimum Gasteiger partial charge on any atom is -0.458 e. The Morgan fingerprint density at radius 2 is 2.30 bits per heavy atom. The normalized spacial score (nSPS) is 27.5. The van der Waals surface area contributed by atoms with E-state index in [0.29, 0.717) is 5.57 Å². The number of cyclic esters (lactones) is 1. The van der Waals surface area contributed by atoms with Crippen molar-refractivity contribution in [2.75, 3.05) is 6.58 Å². The number of ether oxygens (including phenoxy) is 1. The van der Waals surface area contributed by atoms with Gasteiger partial charge in [0.15, 0.2) is 0 Å². The highest BCUT2D eigenvalue weighted by Gasteiger charge is 2.27. The highest BCUT2D eigenvalue weighted by molar-refractivity contribution is 5.91. The lowest BCUT2D eigenvalue weighted by Crippen LogP contribution is -2.15. The third-order valence-electron chi connectivity index (χ3n) is 1.44. The van der Waals surface area contributed by atoms with Gasteiger partial charge < -0.3 is 4.74 Å². The zero-order chi connectivity index (χ0) is 8.65. The average Bonchev–Trinajstić information content (AvgIpc) is 2.08. The second kappa shape index (κ2) is 2.11. The van der Waals surface area contributed by atoms with Crippen LogP contribution in [0.2, 0.25) is 0 Å². The summed E-state index contributed by atoms with van der Waals surface area (Å²) in [7, 11) is 0. The Labute approximate surface area is 62.3 Å². The number of esters is 1. The fourth-order valence-corrected chi connectivity index (χ4v) is 0.852. The summed E-state index contributed by atoms with van der Waals surface area (Å²) in [5.41, 5.74) is 0.407. The van der Waals surface area contributed by atoms with Crippen molar-refractivity contribution >= 4 is 5.97 Å². The monoisotopic (exact) mass is 141 g/mol. The van der Waals surface area contributed by atoms with Gasteiger partial charge in [0.05, 0.1) is 1.37 Å². The van der Waals surface area contributed by atoms with E-state index >= 15 is 0 Å². The molecule has 0 fully saturated rings. The third kappa shape index (κ3) is 1.20. The molecule has 10 heavy (non-hydrogen) atoms. The van der Waals surface area contributed by atoms with E-state index in [1.807, 2.05) is 20.8 Å². The molecule has 1 aliphatic heterocycles. The number of carbonyl (C=O) groups is 1. The van der Waals surface area contributed by atoms with Crippen molar-refractivity contribution < 1.29 is 10.9 Å². The Bertz CT molecular complexity index is 213. The topological polar surface area (TPSA) is 26.3 Å². The summed E-state index contributed by atoms with van der Waals surface area (Å²) in [5, 5.41) is 0. The summed E-state index contributed by atoms with van der Waals surface area (Å²) in [5.74, 6) is -0.350. The first kappa shape index (κ1) is 5.96. The first-order valence-electron chi connectivity index (χ1n) is 3.84. The molecule has 1 rings (SSSR count). The number of rotatable bonds is 0. The van der Waals surface area contributed by atoms with Crippen molar-refractivity contribution in [1.82, 2.24) is 0 Å². The van der Waals surface area contributed by atoms with E-state index < -0.39 is 6.58 Å². The van der Waals surface area contributed by atoms with Gasteiger partial charge >= 0.3 is 5.97 Å². The first-order valence-corrected chi connectivity index (χ1v) is 3.27. The zero-order valence-electron chi connectivity index (χ0n) is 7.47. The summed E-state index contributed by atoms with van der Waals surface area (Å²) in [6, 6.07) is 0. The number of hydrogen-bond donors (Lipinski definition) is 0. The summed E-state index contributed by atoms with van der Waals surface area (Å²) in [6.07, 6.45) is 1.56. The molecular formula is C8H12O2. The summed E-state index contributed by atoms with van der Waals surface area (Å²) in [4.78, 5) is 11.0. The smallest absolute Gasteiger partial charge is 0.334 e. The fourth-order valence-electron chi connectivity index (χ4n) is 0.852. The highest BCUT2D eigenvalue weighted by atomic mass is 16.5. The Balaban J connectivity index is 2.88. The predicted molar refractivity (Wildman–Crippen MR) is 38.5 cm³/mol. The molecule has 0 aromatic rings. The summed E-state index contributed by atoms with van der Waals surface area (Å²) in [6.45, 7) is 4.99. The summed E-state index contributed by atoms with van der Waals surface area (Å²) >= 11 is 0. The molecule has 0 saturated carbocycles. The van der Waals surface area contributed by atoms with Crippen LogP contribution in [0.25, 0.3) is 0 Å². The molecule has 0 aliphatic carbocycles. The predicted octanol–water partition coefficient (Wildman–Crippen LogP) is 1.52. The Morgan fingerprint density at radius 1 is 1.70 bits per heavy atom. The molecule has 0 bridgehead atoms. The Morgan fingerprint density at radius 3 is 2.50 bits per heavy atom. The second-order valence-electron chi connectivity index (χ2n) is 3.37. The van der Waals surface area contributed by atoms with Gasteiger partial charge in [-0.3, -0.25) is 0 Å². The van der Waals surface area contributed by atoms with Crippen LogP contribution >= 0.6 is 0 Å². The minimum absolute atomic E-state index is 0.202. The fraction of sp³-hybridized carbons (Fsp3) is 0.625. The Kier molecular flexibility index (Phi) is 1.26. The second-order valence-corrected chi connectivity index (χ2v) is 3.37. The van der Waals surface area contributed by atoms with Crippen molar-refractivity contribution in [2.24, 2.45) is 5.41 Å². The van der Waals surface area contributed by atoms with Gasteiger partial charge in [0.25, 0.3) is 0 Å². The molecule has 0 aromatic heterocycles. The van der Waals surface area contributed by atoms with Gasteiger partial charge in [-0.2, -0.15) is 0 Å². The van der Waals surface area contributed by atoms with Crippen molar-refractivity contribution in [3.05, 3.63) is 11.6 Å². The van der Waals surface area contributed by atoms with Crippen LogP contribution in [0.15, 0.2) is 11.6 Å². The van der Waals surface area contributed by atoms with Crippen LogP contribution in [-0.4, -0.2) is 12.6 Å². The van der Waals surface area contributed by atoms with Crippen LogP contribution in [0.4, 0.5) is 0 Å². The molecule has 0 amide bonds. The van der Waals surface area contributed by atoms with Crippen molar-refractivity contribution in [2.45, 2.75) is 20.8 Å². The highest BCUT2D eigenvalue weighted by Crippen LogP contribution is 2.28. The van der Waals surface area contributed by atoms with Crippen LogP contribution in [0.5, 0.6) is 0 Å². The zero-order valence-corrected chi connectivity index (χ0v) is 6.47. The van der Waals surface area contributed by atoms with Crippen LogP contribution in [0.1, 0.15) is 22.1 Å². The molecule has 0 spiro atoms.